The smallest absolute Gasteiger partial charge is 0.155 e. The van der Waals surface area contributed by atoms with Crippen molar-refractivity contribution in [3.63, 3.8) is 0 Å². The van der Waals surface area contributed by atoms with Crippen LogP contribution in [0.2, 0.25) is 0 Å². The molecule has 0 aliphatic rings. The summed E-state index contributed by atoms with van der Waals surface area (Å²) in [6.07, 6.45) is 5.17. The van der Waals surface area contributed by atoms with Crippen molar-refractivity contribution < 1.29 is 5.11 Å². The van der Waals surface area contributed by atoms with Crippen LogP contribution in [0.4, 0.5) is 0 Å². The molecule has 1 aromatic rings. The second-order valence-corrected chi connectivity index (χ2v) is 3.25. The van der Waals surface area contributed by atoms with Gasteiger partial charge in [0.2, 0.25) is 0 Å². The van der Waals surface area contributed by atoms with Crippen LogP contribution in [0.15, 0.2) is 6.33 Å². The Hall–Kier alpha value is -0.900. The fourth-order valence-corrected chi connectivity index (χ4v) is 1.32. The first-order chi connectivity index (χ1) is 6.25. The third-order valence-electron chi connectivity index (χ3n) is 2.13. The summed E-state index contributed by atoms with van der Waals surface area (Å²) in [6, 6.07) is 0. The Labute approximate surface area is 78.6 Å². The molecule has 0 aromatic carbocycles. The number of aromatic nitrogens is 3. The van der Waals surface area contributed by atoms with Gasteiger partial charge < -0.3 is 5.11 Å². The molecule has 0 bridgehead atoms. The first kappa shape index (κ1) is 10.2. The minimum Gasteiger partial charge on any atom is -0.385 e. The van der Waals surface area contributed by atoms with Crippen LogP contribution in [-0.4, -0.2) is 19.9 Å². The van der Waals surface area contributed by atoms with Gasteiger partial charge in [0.15, 0.2) is 5.82 Å². The predicted octanol–water partition coefficient (Wildman–Crippen LogP) is 1.43. The molecular formula is C9H17N3O. The standard InChI is InChI=1S/C9H17N3O/c1-3-4-5-6-8(13)9-10-7-11-12(9)2/h7-8,13H,3-6H2,1-2H3/t8-/m1/s1. The summed E-state index contributed by atoms with van der Waals surface area (Å²) < 4.78 is 1.62. The van der Waals surface area contributed by atoms with Crippen LogP contribution in [0.3, 0.4) is 0 Å². The molecule has 0 spiro atoms. The molecule has 1 aromatic heterocycles. The molecular weight excluding hydrogens is 166 g/mol. The fourth-order valence-electron chi connectivity index (χ4n) is 1.32. The van der Waals surface area contributed by atoms with E-state index in [-0.39, 0.29) is 0 Å². The van der Waals surface area contributed by atoms with E-state index in [0.29, 0.717) is 5.82 Å². The van der Waals surface area contributed by atoms with Crippen molar-refractivity contribution in [3.05, 3.63) is 12.2 Å². The van der Waals surface area contributed by atoms with Gasteiger partial charge in [0.1, 0.15) is 12.4 Å². The second kappa shape index (κ2) is 4.97. The Morgan fingerprint density at radius 1 is 1.54 bits per heavy atom. The summed E-state index contributed by atoms with van der Waals surface area (Å²) in [4.78, 5) is 4.00. The molecule has 1 N–H and O–H groups in total. The number of rotatable bonds is 5. The van der Waals surface area contributed by atoms with Crippen molar-refractivity contribution >= 4 is 0 Å². The van der Waals surface area contributed by atoms with Crippen molar-refractivity contribution in [3.8, 4) is 0 Å². The van der Waals surface area contributed by atoms with Gasteiger partial charge in [0, 0.05) is 7.05 Å². The lowest BCUT2D eigenvalue weighted by Gasteiger charge is -2.08. The molecule has 13 heavy (non-hydrogen) atoms. The van der Waals surface area contributed by atoms with Crippen molar-refractivity contribution in [2.45, 2.75) is 38.7 Å². The van der Waals surface area contributed by atoms with E-state index < -0.39 is 6.10 Å². The number of nitrogens with zero attached hydrogens (tertiary/aromatic N) is 3. The highest BCUT2D eigenvalue weighted by molar-refractivity contribution is 4.88. The van der Waals surface area contributed by atoms with Gasteiger partial charge in [-0.15, -0.1) is 0 Å². The average molecular weight is 183 g/mol. The van der Waals surface area contributed by atoms with E-state index in [2.05, 4.69) is 17.0 Å². The van der Waals surface area contributed by atoms with Crippen molar-refractivity contribution in [1.29, 1.82) is 0 Å². The zero-order valence-electron chi connectivity index (χ0n) is 8.27. The van der Waals surface area contributed by atoms with Gasteiger partial charge in [-0.1, -0.05) is 26.2 Å². The molecule has 0 fully saturated rings. The highest BCUT2D eigenvalue weighted by Crippen LogP contribution is 2.16. The number of hydrogen-bond acceptors (Lipinski definition) is 3. The van der Waals surface area contributed by atoms with Crippen molar-refractivity contribution in [1.82, 2.24) is 14.8 Å². The summed E-state index contributed by atoms with van der Waals surface area (Å²) in [6.45, 7) is 2.15. The Morgan fingerprint density at radius 3 is 2.85 bits per heavy atom. The Bertz CT molecular complexity index is 247. The first-order valence-electron chi connectivity index (χ1n) is 4.77. The highest BCUT2D eigenvalue weighted by atomic mass is 16.3. The van der Waals surface area contributed by atoms with Gasteiger partial charge in [0.25, 0.3) is 0 Å². The highest BCUT2D eigenvalue weighted by Gasteiger charge is 2.11. The molecule has 1 heterocycles. The molecule has 4 nitrogen and oxygen atoms in total. The van der Waals surface area contributed by atoms with E-state index >= 15 is 0 Å². The lowest BCUT2D eigenvalue weighted by Crippen LogP contribution is -2.06. The summed E-state index contributed by atoms with van der Waals surface area (Å²) >= 11 is 0. The van der Waals surface area contributed by atoms with E-state index in [1.54, 1.807) is 11.7 Å². The maximum absolute atomic E-state index is 9.69. The minimum atomic E-state index is -0.459. The van der Waals surface area contributed by atoms with Crippen LogP contribution in [0, 0.1) is 0 Å². The van der Waals surface area contributed by atoms with Gasteiger partial charge in [-0.25, -0.2) is 4.98 Å². The number of unbranched alkanes of at least 4 members (excludes halogenated alkanes) is 2. The molecule has 0 saturated carbocycles. The molecule has 0 amide bonds. The average Bonchev–Trinajstić information content (AvgIpc) is 2.52. The quantitative estimate of drug-likeness (QED) is 0.702. The zero-order valence-corrected chi connectivity index (χ0v) is 8.27. The van der Waals surface area contributed by atoms with Gasteiger partial charge in [-0.2, -0.15) is 5.10 Å². The molecule has 0 radical (unpaired) electrons. The minimum absolute atomic E-state index is 0.459. The van der Waals surface area contributed by atoms with Crippen LogP contribution < -0.4 is 0 Å². The van der Waals surface area contributed by atoms with Gasteiger partial charge >= 0.3 is 0 Å². The van der Waals surface area contributed by atoms with E-state index in [1.807, 2.05) is 0 Å². The Kier molecular flexibility index (Phi) is 3.89. The molecule has 0 aliphatic heterocycles. The molecule has 1 atom stereocenters. The summed E-state index contributed by atoms with van der Waals surface area (Å²) in [7, 11) is 1.80. The molecule has 0 aliphatic carbocycles. The number of aryl methyl sites for hydroxylation is 1. The van der Waals surface area contributed by atoms with E-state index in [4.69, 9.17) is 0 Å². The topological polar surface area (TPSA) is 50.9 Å². The van der Waals surface area contributed by atoms with Crippen molar-refractivity contribution in [2.24, 2.45) is 7.05 Å². The van der Waals surface area contributed by atoms with Crippen LogP contribution in [0.5, 0.6) is 0 Å². The monoisotopic (exact) mass is 183 g/mol. The lowest BCUT2D eigenvalue weighted by molar-refractivity contribution is 0.149. The third kappa shape index (κ3) is 2.81. The van der Waals surface area contributed by atoms with Crippen LogP contribution in [0.1, 0.15) is 44.5 Å². The lowest BCUT2D eigenvalue weighted by atomic mass is 10.1. The molecule has 74 valence electrons. The molecule has 0 saturated heterocycles. The summed E-state index contributed by atoms with van der Waals surface area (Å²) in [5.74, 6) is 0.663. The van der Waals surface area contributed by atoms with Gasteiger partial charge in [-0.05, 0) is 6.42 Å². The van der Waals surface area contributed by atoms with Crippen LogP contribution in [-0.2, 0) is 7.05 Å². The number of aliphatic hydroxyl groups is 1. The van der Waals surface area contributed by atoms with Crippen LogP contribution >= 0.6 is 0 Å². The number of hydrogen-bond donors (Lipinski definition) is 1. The van der Waals surface area contributed by atoms with E-state index in [9.17, 15) is 5.11 Å². The Balaban J connectivity index is 2.39. The largest absolute Gasteiger partial charge is 0.385 e. The Morgan fingerprint density at radius 2 is 2.31 bits per heavy atom. The second-order valence-electron chi connectivity index (χ2n) is 3.25. The maximum Gasteiger partial charge on any atom is 0.155 e. The zero-order chi connectivity index (χ0) is 9.68. The summed E-state index contributed by atoms with van der Waals surface area (Å²) in [5, 5.41) is 13.6. The van der Waals surface area contributed by atoms with Gasteiger partial charge in [-0.3, -0.25) is 4.68 Å². The van der Waals surface area contributed by atoms with Gasteiger partial charge in [0.05, 0.1) is 0 Å². The van der Waals surface area contributed by atoms with Crippen molar-refractivity contribution in [2.75, 3.05) is 0 Å². The number of aliphatic hydroxyl groups excluding tert-OH is 1. The summed E-state index contributed by atoms with van der Waals surface area (Å²) in [5.41, 5.74) is 0. The fraction of sp³-hybridized carbons (Fsp3) is 0.778. The SMILES string of the molecule is CCCCC[C@@H](O)c1ncnn1C. The van der Waals surface area contributed by atoms with Crippen LogP contribution in [0.25, 0.3) is 0 Å². The predicted molar refractivity (Wildman–Crippen MR) is 50.1 cm³/mol. The first-order valence-corrected chi connectivity index (χ1v) is 4.77. The molecule has 4 heteroatoms. The van der Waals surface area contributed by atoms with E-state index in [0.717, 1.165) is 19.3 Å². The van der Waals surface area contributed by atoms with E-state index in [1.165, 1.54) is 12.7 Å². The maximum atomic E-state index is 9.69. The molecule has 1 rings (SSSR count). The third-order valence-corrected chi connectivity index (χ3v) is 2.13. The normalized spacial score (nSPS) is 13.2. The molecule has 0 unspecified atom stereocenters.